The van der Waals surface area contributed by atoms with Gasteiger partial charge in [0.25, 0.3) is 0 Å². The number of carbonyl (C=O) groups is 1. The van der Waals surface area contributed by atoms with Crippen LogP contribution in [-0.2, 0) is 9.53 Å². The number of hydrogen-bond donors (Lipinski definition) is 0. The maximum Gasteiger partial charge on any atom is 0.307 e. The number of carbonyl (C=O) groups excluding carboxylic acids is 1. The standard InChI is InChI=1S/C15H22O2S/c1-11-6-7-13(10-12(11)2)18-9-8-14(16)17-15(3,4)5/h6-7,10H,8-9H2,1-5H3. The molecule has 0 aliphatic heterocycles. The Morgan fingerprint density at radius 2 is 1.89 bits per heavy atom. The first-order valence-corrected chi connectivity index (χ1v) is 7.18. The topological polar surface area (TPSA) is 26.3 Å². The monoisotopic (exact) mass is 266 g/mol. The minimum absolute atomic E-state index is 0.126. The van der Waals surface area contributed by atoms with Crippen molar-refractivity contribution in [2.75, 3.05) is 5.75 Å². The maximum atomic E-state index is 11.5. The summed E-state index contributed by atoms with van der Waals surface area (Å²) < 4.78 is 5.27. The number of hydrogen-bond acceptors (Lipinski definition) is 3. The molecular formula is C15H22O2S. The average Bonchev–Trinajstić information content (AvgIpc) is 2.20. The van der Waals surface area contributed by atoms with E-state index < -0.39 is 0 Å². The van der Waals surface area contributed by atoms with E-state index in [1.165, 1.54) is 16.0 Å². The van der Waals surface area contributed by atoms with Crippen LogP contribution in [0, 0.1) is 13.8 Å². The molecule has 1 aromatic rings. The Balaban J connectivity index is 2.38. The third kappa shape index (κ3) is 5.58. The molecule has 0 aliphatic carbocycles. The molecule has 2 nitrogen and oxygen atoms in total. The van der Waals surface area contributed by atoms with Crippen LogP contribution in [0.4, 0.5) is 0 Å². The Morgan fingerprint density at radius 1 is 1.22 bits per heavy atom. The maximum absolute atomic E-state index is 11.5. The fourth-order valence-corrected chi connectivity index (χ4v) is 2.38. The summed E-state index contributed by atoms with van der Waals surface area (Å²) in [7, 11) is 0. The Kier molecular flexibility index (Phi) is 5.27. The molecule has 1 rings (SSSR count). The van der Waals surface area contributed by atoms with Crippen LogP contribution in [0.25, 0.3) is 0 Å². The van der Waals surface area contributed by atoms with E-state index in [0.29, 0.717) is 6.42 Å². The smallest absolute Gasteiger partial charge is 0.307 e. The summed E-state index contributed by atoms with van der Waals surface area (Å²) in [5, 5.41) is 0. The lowest BCUT2D eigenvalue weighted by atomic mass is 10.1. The van der Waals surface area contributed by atoms with Crippen molar-refractivity contribution in [3.05, 3.63) is 29.3 Å². The van der Waals surface area contributed by atoms with Crippen LogP contribution < -0.4 is 0 Å². The molecule has 0 saturated carbocycles. The molecule has 0 amide bonds. The van der Waals surface area contributed by atoms with Gasteiger partial charge in [0.2, 0.25) is 0 Å². The molecule has 0 aromatic heterocycles. The number of ether oxygens (including phenoxy) is 1. The highest BCUT2D eigenvalue weighted by Gasteiger charge is 2.15. The van der Waals surface area contributed by atoms with Gasteiger partial charge >= 0.3 is 5.97 Å². The molecule has 0 saturated heterocycles. The largest absolute Gasteiger partial charge is 0.460 e. The zero-order chi connectivity index (χ0) is 13.8. The predicted octanol–water partition coefficient (Wildman–Crippen LogP) is 4.13. The Bertz CT molecular complexity index is 419. The molecule has 18 heavy (non-hydrogen) atoms. The average molecular weight is 266 g/mol. The lowest BCUT2D eigenvalue weighted by molar-refractivity contribution is -0.154. The van der Waals surface area contributed by atoms with Crippen molar-refractivity contribution in [2.45, 2.75) is 51.5 Å². The third-order valence-electron chi connectivity index (χ3n) is 2.47. The summed E-state index contributed by atoms with van der Waals surface area (Å²) in [5.41, 5.74) is 2.20. The van der Waals surface area contributed by atoms with Crippen molar-refractivity contribution in [2.24, 2.45) is 0 Å². The molecule has 1 aromatic carbocycles. The van der Waals surface area contributed by atoms with Crippen LogP contribution in [0.5, 0.6) is 0 Å². The van der Waals surface area contributed by atoms with Crippen molar-refractivity contribution in [3.63, 3.8) is 0 Å². The molecule has 0 radical (unpaired) electrons. The highest BCUT2D eigenvalue weighted by molar-refractivity contribution is 7.99. The summed E-state index contributed by atoms with van der Waals surface area (Å²) in [6.45, 7) is 9.88. The zero-order valence-electron chi connectivity index (χ0n) is 11.9. The van der Waals surface area contributed by atoms with Gasteiger partial charge in [-0.2, -0.15) is 0 Å². The van der Waals surface area contributed by atoms with Crippen molar-refractivity contribution in [1.29, 1.82) is 0 Å². The molecule has 0 atom stereocenters. The molecule has 3 heteroatoms. The van der Waals surface area contributed by atoms with E-state index in [9.17, 15) is 4.79 Å². The number of aryl methyl sites for hydroxylation is 2. The quantitative estimate of drug-likeness (QED) is 0.605. The molecule has 0 bridgehead atoms. The lowest BCUT2D eigenvalue weighted by Crippen LogP contribution is -2.23. The predicted molar refractivity (Wildman–Crippen MR) is 77.1 cm³/mol. The van der Waals surface area contributed by atoms with Crippen LogP contribution in [0.2, 0.25) is 0 Å². The first-order chi connectivity index (χ1) is 8.28. The second kappa shape index (κ2) is 6.28. The molecule has 0 spiro atoms. The van der Waals surface area contributed by atoms with Gasteiger partial charge in [-0.25, -0.2) is 0 Å². The summed E-state index contributed by atoms with van der Waals surface area (Å²) in [5.74, 6) is 0.635. The number of esters is 1. The van der Waals surface area contributed by atoms with Crippen LogP contribution in [0.15, 0.2) is 23.1 Å². The molecule has 100 valence electrons. The van der Waals surface area contributed by atoms with Gasteiger partial charge < -0.3 is 4.74 Å². The van der Waals surface area contributed by atoms with Crippen LogP contribution in [0.1, 0.15) is 38.3 Å². The van der Waals surface area contributed by atoms with Gasteiger partial charge in [0, 0.05) is 10.6 Å². The normalized spacial score (nSPS) is 11.4. The first kappa shape index (κ1) is 15.1. The molecule has 0 aliphatic rings. The molecule has 0 heterocycles. The van der Waals surface area contributed by atoms with E-state index in [1.807, 2.05) is 20.8 Å². The van der Waals surface area contributed by atoms with Gasteiger partial charge in [0.1, 0.15) is 5.60 Å². The van der Waals surface area contributed by atoms with Crippen molar-refractivity contribution >= 4 is 17.7 Å². The van der Waals surface area contributed by atoms with E-state index in [4.69, 9.17) is 4.74 Å². The van der Waals surface area contributed by atoms with Crippen molar-refractivity contribution < 1.29 is 9.53 Å². The van der Waals surface area contributed by atoms with Crippen molar-refractivity contribution in [3.8, 4) is 0 Å². The zero-order valence-corrected chi connectivity index (χ0v) is 12.7. The Labute approximate surface area is 114 Å². The highest BCUT2D eigenvalue weighted by Crippen LogP contribution is 2.22. The minimum Gasteiger partial charge on any atom is -0.460 e. The Morgan fingerprint density at radius 3 is 2.44 bits per heavy atom. The van der Waals surface area contributed by atoms with E-state index in [0.717, 1.165) is 5.75 Å². The fraction of sp³-hybridized carbons (Fsp3) is 0.533. The molecule has 0 unspecified atom stereocenters. The first-order valence-electron chi connectivity index (χ1n) is 6.20. The third-order valence-corrected chi connectivity index (χ3v) is 3.47. The van der Waals surface area contributed by atoms with Crippen molar-refractivity contribution in [1.82, 2.24) is 0 Å². The van der Waals surface area contributed by atoms with Crippen LogP contribution in [-0.4, -0.2) is 17.3 Å². The molecule has 0 fully saturated rings. The van der Waals surface area contributed by atoms with Gasteiger partial charge in [-0.15, -0.1) is 11.8 Å². The summed E-state index contributed by atoms with van der Waals surface area (Å²) in [6.07, 6.45) is 0.453. The summed E-state index contributed by atoms with van der Waals surface area (Å²) in [4.78, 5) is 12.7. The van der Waals surface area contributed by atoms with Crippen LogP contribution in [0.3, 0.4) is 0 Å². The summed E-state index contributed by atoms with van der Waals surface area (Å²) in [6, 6.07) is 6.38. The van der Waals surface area contributed by atoms with E-state index in [-0.39, 0.29) is 11.6 Å². The van der Waals surface area contributed by atoms with E-state index >= 15 is 0 Å². The second-order valence-electron chi connectivity index (χ2n) is 5.43. The highest BCUT2D eigenvalue weighted by atomic mass is 32.2. The van der Waals surface area contributed by atoms with Gasteiger partial charge in [-0.3, -0.25) is 4.79 Å². The minimum atomic E-state index is -0.387. The number of rotatable bonds is 4. The van der Waals surface area contributed by atoms with Gasteiger partial charge in [-0.1, -0.05) is 6.07 Å². The SMILES string of the molecule is Cc1ccc(SCCC(=O)OC(C)(C)C)cc1C. The number of thioether (sulfide) groups is 1. The van der Waals surface area contributed by atoms with Crippen LogP contribution >= 0.6 is 11.8 Å². The van der Waals surface area contributed by atoms with Gasteiger partial charge in [-0.05, 0) is 57.9 Å². The summed E-state index contributed by atoms with van der Waals surface area (Å²) >= 11 is 1.70. The molecule has 0 N–H and O–H groups in total. The van der Waals surface area contributed by atoms with E-state index in [2.05, 4.69) is 32.0 Å². The molecular weight excluding hydrogens is 244 g/mol. The van der Waals surface area contributed by atoms with E-state index in [1.54, 1.807) is 11.8 Å². The number of benzene rings is 1. The van der Waals surface area contributed by atoms with Gasteiger partial charge in [0.05, 0.1) is 6.42 Å². The fourth-order valence-electron chi connectivity index (χ4n) is 1.45. The lowest BCUT2D eigenvalue weighted by Gasteiger charge is -2.19. The second-order valence-corrected chi connectivity index (χ2v) is 6.60. The van der Waals surface area contributed by atoms with Gasteiger partial charge in [0.15, 0.2) is 0 Å². The Hall–Kier alpha value is -0.960.